The fourth-order valence-electron chi connectivity index (χ4n) is 2.25. The molecule has 2 aromatic rings. The summed E-state index contributed by atoms with van der Waals surface area (Å²) in [6.45, 7) is 0.794. The molecule has 2 N–H and O–H groups in total. The Hall–Kier alpha value is -1.86. The highest BCUT2D eigenvalue weighted by molar-refractivity contribution is 5.85. The maximum atomic E-state index is 9.63. The van der Waals surface area contributed by atoms with E-state index in [2.05, 4.69) is 0 Å². The zero-order chi connectivity index (χ0) is 17.4. The minimum absolute atomic E-state index is 0.165. The fourth-order valence-corrected chi connectivity index (χ4v) is 2.25. The molecule has 0 spiro atoms. The fraction of sp³-hybridized carbons (Fsp3) is 0.444. The first-order valence-electron chi connectivity index (χ1n) is 7.75. The van der Waals surface area contributed by atoms with E-state index in [1.54, 1.807) is 0 Å². The molecule has 0 heterocycles. The highest BCUT2D eigenvalue weighted by atomic mass is 16.5. The first kappa shape index (κ1) is 18.5. The summed E-state index contributed by atoms with van der Waals surface area (Å²) in [6, 6.07) is 11.4. The van der Waals surface area contributed by atoms with Gasteiger partial charge in [0, 0.05) is 14.2 Å². The Bertz CT molecular complexity index is 579. The molecule has 6 nitrogen and oxygen atoms in total. The standard InChI is InChI=1S/C18H24O6/c1-21-9-15(19)11-23-17-5-3-13-4-6-18(8-14(13)7-17)24-12-16(20)10-22-2/h3-8,15-16,19-20H,9-12H2,1-2H3. The van der Waals surface area contributed by atoms with E-state index in [0.29, 0.717) is 11.5 Å². The van der Waals surface area contributed by atoms with E-state index in [-0.39, 0.29) is 26.4 Å². The van der Waals surface area contributed by atoms with Crippen molar-refractivity contribution < 1.29 is 29.2 Å². The van der Waals surface area contributed by atoms with Gasteiger partial charge in [-0.05, 0) is 35.0 Å². The van der Waals surface area contributed by atoms with Gasteiger partial charge >= 0.3 is 0 Å². The van der Waals surface area contributed by atoms with Crippen molar-refractivity contribution in [2.24, 2.45) is 0 Å². The van der Waals surface area contributed by atoms with Crippen LogP contribution in [0.5, 0.6) is 11.5 Å². The maximum absolute atomic E-state index is 9.63. The van der Waals surface area contributed by atoms with Gasteiger partial charge in [-0.1, -0.05) is 12.1 Å². The van der Waals surface area contributed by atoms with Crippen LogP contribution in [0, 0.1) is 0 Å². The van der Waals surface area contributed by atoms with Crippen molar-refractivity contribution in [1.82, 2.24) is 0 Å². The van der Waals surface area contributed by atoms with Gasteiger partial charge in [-0.2, -0.15) is 0 Å². The average molecular weight is 336 g/mol. The highest BCUT2D eigenvalue weighted by Gasteiger charge is 2.07. The lowest BCUT2D eigenvalue weighted by atomic mass is 10.1. The van der Waals surface area contributed by atoms with Crippen LogP contribution in [0.2, 0.25) is 0 Å². The van der Waals surface area contributed by atoms with Crippen molar-refractivity contribution in [3.05, 3.63) is 36.4 Å². The van der Waals surface area contributed by atoms with E-state index in [9.17, 15) is 10.2 Å². The van der Waals surface area contributed by atoms with Crippen LogP contribution in [0.25, 0.3) is 10.8 Å². The van der Waals surface area contributed by atoms with E-state index in [1.165, 1.54) is 14.2 Å². The second kappa shape index (κ2) is 9.44. The lowest BCUT2D eigenvalue weighted by molar-refractivity contribution is 0.0325. The van der Waals surface area contributed by atoms with Gasteiger partial charge < -0.3 is 29.2 Å². The van der Waals surface area contributed by atoms with Gasteiger partial charge in [-0.25, -0.2) is 0 Å². The Kier molecular flexibility index (Phi) is 7.27. The molecule has 0 saturated heterocycles. The van der Waals surface area contributed by atoms with Crippen LogP contribution >= 0.6 is 0 Å². The molecule has 0 aliphatic heterocycles. The third-order valence-electron chi connectivity index (χ3n) is 3.39. The molecule has 0 radical (unpaired) electrons. The first-order chi connectivity index (χ1) is 11.6. The summed E-state index contributed by atoms with van der Waals surface area (Å²) in [5.74, 6) is 1.32. The van der Waals surface area contributed by atoms with Crippen molar-refractivity contribution in [3.8, 4) is 11.5 Å². The summed E-state index contributed by atoms with van der Waals surface area (Å²) in [7, 11) is 3.06. The third kappa shape index (κ3) is 5.65. The van der Waals surface area contributed by atoms with Crippen molar-refractivity contribution in [2.75, 3.05) is 40.6 Å². The Morgan fingerprint density at radius 3 is 1.58 bits per heavy atom. The van der Waals surface area contributed by atoms with Gasteiger partial charge in [-0.15, -0.1) is 0 Å². The topological polar surface area (TPSA) is 77.4 Å². The molecule has 0 aliphatic carbocycles. The number of hydrogen-bond donors (Lipinski definition) is 2. The monoisotopic (exact) mass is 336 g/mol. The molecule has 24 heavy (non-hydrogen) atoms. The highest BCUT2D eigenvalue weighted by Crippen LogP contribution is 2.25. The summed E-state index contributed by atoms with van der Waals surface area (Å²) in [6.07, 6.45) is -1.33. The molecule has 2 aromatic carbocycles. The molecule has 2 unspecified atom stereocenters. The lowest BCUT2D eigenvalue weighted by Gasteiger charge is -2.13. The van der Waals surface area contributed by atoms with Crippen LogP contribution in [-0.2, 0) is 9.47 Å². The van der Waals surface area contributed by atoms with Crippen molar-refractivity contribution in [2.45, 2.75) is 12.2 Å². The number of benzene rings is 2. The number of methoxy groups -OCH3 is 2. The molecule has 0 fully saturated rings. The lowest BCUT2D eigenvalue weighted by Crippen LogP contribution is -2.22. The molecule has 6 heteroatoms. The predicted molar refractivity (Wildman–Crippen MR) is 90.7 cm³/mol. The zero-order valence-corrected chi connectivity index (χ0v) is 14.0. The van der Waals surface area contributed by atoms with Gasteiger partial charge in [0.2, 0.25) is 0 Å². The van der Waals surface area contributed by atoms with Crippen LogP contribution in [0.15, 0.2) is 36.4 Å². The first-order valence-corrected chi connectivity index (χ1v) is 7.75. The minimum atomic E-state index is -0.664. The number of hydrogen-bond acceptors (Lipinski definition) is 6. The van der Waals surface area contributed by atoms with Crippen LogP contribution in [0.1, 0.15) is 0 Å². The molecule has 2 atom stereocenters. The number of ether oxygens (including phenoxy) is 4. The van der Waals surface area contributed by atoms with E-state index < -0.39 is 12.2 Å². The number of aliphatic hydroxyl groups excluding tert-OH is 2. The van der Waals surface area contributed by atoms with Crippen LogP contribution in [0.3, 0.4) is 0 Å². The molecule has 0 amide bonds. The van der Waals surface area contributed by atoms with Crippen molar-refractivity contribution in [3.63, 3.8) is 0 Å². The molecule has 132 valence electrons. The van der Waals surface area contributed by atoms with E-state index in [0.717, 1.165) is 10.8 Å². The van der Waals surface area contributed by atoms with E-state index in [1.807, 2.05) is 36.4 Å². The van der Waals surface area contributed by atoms with Crippen molar-refractivity contribution in [1.29, 1.82) is 0 Å². The molecular formula is C18H24O6. The number of aliphatic hydroxyl groups is 2. The van der Waals surface area contributed by atoms with E-state index in [4.69, 9.17) is 18.9 Å². The van der Waals surface area contributed by atoms with Gasteiger partial charge in [0.15, 0.2) is 0 Å². The molecule has 0 bridgehead atoms. The predicted octanol–water partition coefficient (Wildman–Crippen LogP) is 1.61. The van der Waals surface area contributed by atoms with Gasteiger partial charge in [0.05, 0.1) is 13.2 Å². The summed E-state index contributed by atoms with van der Waals surface area (Å²) in [5, 5.41) is 21.3. The summed E-state index contributed by atoms with van der Waals surface area (Å²) < 4.78 is 20.9. The molecule has 0 aromatic heterocycles. The van der Waals surface area contributed by atoms with Gasteiger partial charge in [-0.3, -0.25) is 0 Å². The zero-order valence-electron chi connectivity index (χ0n) is 14.0. The number of rotatable bonds is 10. The quantitative estimate of drug-likeness (QED) is 0.686. The van der Waals surface area contributed by atoms with Crippen LogP contribution in [-0.4, -0.2) is 63.1 Å². The van der Waals surface area contributed by atoms with E-state index >= 15 is 0 Å². The third-order valence-corrected chi connectivity index (χ3v) is 3.39. The second-order valence-electron chi connectivity index (χ2n) is 5.51. The largest absolute Gasteiger partial charge is 0.491 e. The SMILES string of the molecule is COCC(O)COc1ccc2ccc(OCC(O)COC)cc2c1. The normalized spacial score (nSPS) is 13.7. The molecule has 2 rings (SSSR count). The average Bonchev–Trinajstić information content (AvgIpc) is 2.58. The summed E-state index contributed by atoms with van der Waals surface area (Å²) in [5.41, 5.74) is 0. The molecule has 0 aliphatic rings. The minimum Gasteiger partial charge on any atom is -0.491 e. The summed E-state index contributed by atoms with van der Waals surface area (Å²) >= 11 is 0. The second-order valence-corrected chi connectivity index (χ2v) is 5.51. The number of fused-ring (bicyclic) bond motifs is 1. The van der Waals surface area contributed by atoms with Gasteiger partial charge in [0.1, 0.15) is 36.9 Å². The maximum Gasteiger partial charge on any atom is 0.120 e. The Morgan fingerprint density at radius 1 is 0.708 bits per heavy atom. The molecular weight excluding hydrogens is 312 g/mol. The Morgan fingerprint density at radius 2 is 1.17 bits per heavy atom. The van der Waals surface area contributed by atoms with Crippen LogP contribution in [0.4, 0.5) is 0 Å². The van der Waals surface area contributed by atoms with Crippen molar-refractivity contribution >= 4 is 10.8 Å². The van der Waals surface area contributed by atoms with Crippen LogP contribution < -0.4 is 9.47 Å². The Labute approximate surface area is 141 Å². The molecule has 0 saturated carbocycles. The van der Waals surface area contributed by atoms with Gasteiger partial charge in [0.25, 0.3) is 0 Å². The smallest absolute Gasteiger partial charge is 0.120 e. The Balaban J connectivity index is 2.01. The summed E-state index contributed by atoms with van der Waals surface area (Å²) in [4.78, 5) is 0.